The smallest absolute Gasteiger partial charge is 0.136 e. The van der Waals surface area contributed by atoms with E-state index in [1.54, 1.807) is 18.3 Å². The maximum atomic E-state index is 13.3. The molecule has 0 aliphatic carbocycles. The summed E-state index contributed by atoms with van der Waals surface area (Å²) in [4.78, 5) is 6.08. The number of hydrogen-bond donors (Lipinski definition) is 1. The maximum Gasteiger partial charge on any atom is 0.136 e. The summed E-state index contributed by atoms with van der Waals surface area (Å²) in [6.07, 6.45) is 2.41. The van der Waals surface area contributed by atoms with E-state index in [0.29, 0.717) is 24.5 Å². The van der Waals surface area contributed by atoms with Crippen molar-refractivity contribution >= 4 is 22.9 Å². The van der Waals surface area contributed by atoms with Gasteiger partial charge in [0.25, 0.3) is 0 Å². The first-order chi connectivity index (χ1) is 11.1. The van der Waals surface area contributed by atoms with E-state index < -0.39 is 6.23 Å². The lowest BCUT2D eigenvalue weighted by atomic mass is 9.91. The molecule has 1 N–H and O–H groups in total. The molecule has 0 fully saturated rings. The molecule has 2 aromatic rings. The largest absolute Gasteiger partial charge is 0.374 e. The fraction of sp³-hybridized carbons (Fsp3) is 0.278. The predicted octanol–water partition coefficient (Wildman–Crippen LogP) is 4.18. The molecule has 1 aliphatic heterocycles. The minimum Gasteiger partial charge on any atom is -0.374 e. The fourth-order valence-corrected chi connectivity index (χ4v) is 3.29. The van der Waals surface area contributed by atoms with Gasteiger partial charge in [0.2, 0.25) is 0 Å². The van der Waals surface area contributed by atoms with E-state index in [9.17, 15) is 9.50 Å². The Morgan fingerprint density at radius 3 is 2.70 bits per heavy atom. The first kappa shape index (κ1) is 16.0. The summed E-state index contributed by atoms with van der Waals surface area (Å²) >= 11 is 6.28. The van der Waals surface area contributed by atoms with E-state index in [4.69, 9.17) is 11.6 Å². The summed E-state index contributed by atoms with van der Waals surface area (Å²) in [5.41, 5.74) is 3.64. The molecular formula is C18H18ClFN2O. The highest BCUT2D eigenvalue weighted by Crippen LogP contribution is 2.40. The minimum absolute atomic E-state index is 0.283. The Morgan fingerprint density at radius 1 is 1.30 bits per heavy atom. The third kappa shape index (κ3) is 3.09. The lowest BCUT2D eigenvalue weighted by molar-refractivity contribution is 0.0386. The third-order valence-electron chi connectivity index (χ3n) is 4.13. The summed E-state index contributed by atoms with van der Waals surface area (Å²) in [6.45, 7) is 2.63. The van der Waals surface area contributed by atoms with Gasteiger partial charge in [-0.15, -0.1) is 0 Å². The molecule has 0 saturated carbocycles. The van der Waals surface area contributed by atoms with Crippen molar-refractivity contribution in [2.24, 2.45) is 0 Å². The molecule has 0 spiro atoms. The Labute approximate surface area is 140 Å². The lowest BCUT2D eigenvalue weighted by Gasteiger charge is -2.37. The van der Waals surface area contributed by atoms with Gasteiger partial charge in [-0.25, -0.2) is 9.37 Å². The predicted molar refractivity (Wildman–Crippen MR) is 90.1 cm³/mol. The molecule has 1 unspecified atom stereocenters. The van der Waals surface area contributed by atoms with Crippen molar-refractivity contribution in [3.63, 3.8) is 0 Å². The highest BCUT2D eigenvalue weighted by Gasteiger charge is 2.28. The molecule has 1 aliphatic rings. The normalized spacial score (nSPS) is 18.4. The van der Waals surface area contributed by atoms with Crippen molar-refractivity contribution in [1.29, 1.82) is 0 Å². The van der Waals surface area contributed by atoms with Crippen LogP contribution in [0.5, 0.6) is 0 Å². The molecule has 5 heteroatoms. The van der Waals surface area contributed by atoms with E-state index in [0.717, 1.165) is 22.4 Å². The summed E-state index contributed by atoms with van der Waals surface area (Å²) < 4.78 is 13.3. The number of aromatic nitrogens is 1. The number of aliphatic hydroxyl groups is 1. The molecule has 0 bridgehead atoms. The summed E-state index contributed by atoms with van der Waals surface area (Å²) in [5, 5.41) is 10.8. The Morgan fingerprint density at radius 2 is 2.04 bits per heavy atom. The van der Waals surface area contributed by atoms with Gasteiger partial charge >= 0.3 is 0 Å². The topological polar surface area (TPSA) is 36.4 Å². The number of halogens is 2. The zero-order valence-electron chi connectivity index (χ0n) is 12.8. The first-order valence-corrected chi connectivity index (χ1v) is 8.04. The van der Waals surface area contributed by atoms with Crippen molar-refractivity contribution < 1.29 is 9.50 Å². The van der Waals surface area contributed by atoms with E-state index in [1.165, 1.54) is 12.1 Å². The van der Waals surface area contributed by atoms with Crippen LogP contribution in [0.4, 0.5) is 4.39 Å². The first-order valence-electron chi connectivity index (χ1n) is 7.66. The van der Waals surface area contributed by atoms with Gasteiger partial charge in [0.05, 0.1) is 0 Å². The maximum absolute atomic E-state index is 13.3. The molecule has 2 heterocycles. The van der Waals surface area contributed by atoms with Crippen LogP contribution >= 0.6 is 11.6 Å². The quantitative estimate of drug-likeness (QED) is 0.857. The second kappa shape index (κ2) is 6.69. The number of hydrogen-bond acceptors (Lipinski definition) is 3. The monoisotopic (exact) mass is 332 g/mol. The second-order valence-corrected chi connectivity index (χ2v) is 5.84. The van der Waals surface area contributed by atoms with Gasteiger partial charge in [-0.1, -0.05) is 17.7 Å². The molecule has 23 heavy (non-hydrogen) atoms. The van der Waals surface area contributed by atoms with Crippen molar-refractivity contribution in [3.8, 4) is 0 Å². The van der Waals surface area contributed by atoms with Gasteiger partial charge in [0, 0.05) is 24.0 Å². The van der Waals surface area contributed by atoms with Gasteiger partial charge < -0.3 is 10.0 Å². The van der Waals surface area contributed by atoms with Crippen LogP contribution in [-0.2, 0) is 0 Å². The SMILES string of the molecule is CCN1C(c2ccc(F)cc2)=C(c2cccnc2Cl)CCC1O. The van der Waals surface area contributed by atoms with E-state index >= 15 is 0 Å². The summed E-state index contributed by atoms with van der Waals surface area (Å²) in [5.74, 6) is -0.283. The number of benzene rings is 1. The van der Waals surface area contributed by atoms with E-state index in [2.05, 4.69) is 4.98 Å². The van der Waals surface area contributed by atoms with Crippen LogP contribution in [0.2, 0.25) is 5.15 Å². The second-order valence-electron chi connectivity index (χ2n) is 5.48. The van der Waals surface area contributed by atoms with Gasteiger partial charge in [-0.2, -0.15) is 0 Å². The molecule has 1 aromatic carbocycles. The molecule has 0 amide bonds. The lowest BCUT2D eigenvalue weighted by Crippen LogP contribution is -2.37. The van der Waals surface area contributed by atoms with Crippen LogP contribution in [0.3, 0.4) is 0 Å². The molecule has 3 nitrogen and oxygen atoms in total. The van der Waals surface area contributed by atoms with Crippen molar-refractivity contribution in [3.05, 3.63) is 64.7 Å². The Hall–Kier alpha value is -1.91. The van der Waals surface area contributed by atoms with Gasteiger partial charge in [-0.05, 0) is 61.2 Å². The molecule has 120 valence electrons. The third-order valence-corrected chi connectivity index (χ3v) is 4.43. The Bertz CT molecular complexity index is 730. The highest BCUT2D eigenvalue weighted by atomic mass is 35.5. The van der Waals surface area contributed by atoms with E-state index in [-0.39, 0.29) is 5.82 Å². The number of pyridine rings is 1. The number of rotatable bonds is 3. The van der Waals surface area contributed by atoms with Gasteiger partial charge in [-0.3, -0.25) is 0 Å². The molecular weight excluding hydrogens is 315 g/mol. The number of allylic oxidation sites excluding steroid dienone is 1. The number of aliphatic hydroxyl groups excluding tert-OH is 1. The highest BCUT2D eigenvalue weighted by molar-refractivity contribution is 6.31. The van der Waals surface area contributed by atoms with Crippen LogP contribution in [-0.4, -0.2) is 27.8 Å². The molecule has 1 atom stereocenters. The average Bonchev–Trinajstić information content (AvgIpc) is 2.56. The van der Waals surface area contributed by atoms with Crippen LogP contribution in [0, 0.1) is 5.82 Å². The minimum atomic E-state index is -0.556. The van der Waals surface area contributed by atoms with Crippen LogP contribution < -0.4 is 0 Å². The van der Waals surface area contributed by atoms with Crippen molar-refractivity contribution in [2.45, 2.75) is 26.0 Å². The molecule has 1 aromatic heterocycles. The van der Waals surface area contributed by atoms with E-state index in [1.807, 2.05) is 24.0 Å². The zero-order valence-corrected chi connectivity index (χ0v) is 13.6. The standard InChI is InChI=1S/C18H18ClFN2O/c1-2-22-16(23)10-9-14(15-4-3-11-21-18(15)19)17(22)12-5-7-13(20)8-6-12/h3-8,11,16,23H,2,9-10H2,1H3. The summed E-state index contributed by atoms with van der Waals surface area (Å²) in [7, 11) is 0. The van der Waals surface area contributed by atoms with Gasteiger partial charge in [0.15, 0.2) is 0 Å². The molecule has 0 saturated heterocycles. The van der Waals surface area contributed by atoms with Gasteiger partial charge in [0.1, 0.15) is 17.2 Å². The van der Waals surface area contributed by atoms with Crippen LogP contribution in [0.25, 0.3) is 11.3 Å². The molecule has 3 rings (SSSR count). The zero-order chi connectivity index (χ0) is 16.4. The Kier molecular flexibility index (Phi) is 4.64. The average molecular weight is 333 g/mol. The van der Waals surface area contributed by atoms with Crippen LogP contribution in [0.15, 0.2) is 42.6 Å². The molecule has 0 radical (unpaired) electrons. The van der Waals surface area contributed by atoms with Crippen molar-refractivity contribution in [2.75, 3.05) is 6.54 Å². The number of nitrogens with zero attached hydrogens (tertiary/aromatic N) is 2. The van der Waals surface area contributed by atoms with Crippen molar-refractivity contribution in [1.82, 2.24) is 9.88 Å². The Balaban J connectivity index is 2.22. The fourth-order valence-electron chi connectivity index (χ4n) is 3.06. The van der Waals surface area contributed by atoms with Crippen LogP contribution in [0.1, 0.15) is 30.9 Å². The summed E-state index contributed by atoms with van der Waals surface area (Å²) in [6, 6.07) is 10.1.